The molecule has 0 amide bonds. The lowest BCUT2D eigenvalue weighted by molar-refractivity contribution is 0.271. The molecule has 0 atom stereocenters. The maximum atomic E-state index is 8.68. The summed E-state index contributed by atoms with van der Waals surface area (Å²) in [4.78, 5) is 2.32. The standard InChI is InChI=1S/C13H20BrNO/c1-15(9-5-2-6-10-16)11-12-7-3-4-8-13(12)14/h3-4,7-8,16H,2,5-6,9-11H2,1H3. The Balaban J connectivity index is 2.28. The summed E-state index contributed by atoms with van der Waals surface area (Å²) in [5.41, 5.74) is 1.33. The van der Waals surface area contributed by atoms with Gasteiger partial charge in [0.1, 0.15) is 0 Å². The van der Waals surface area contributed by atoms with Gasteiger partial charge in [-0.3, -0.25) is 0 Å². The number of benzene rings is 1. The van der Waals surface area contributed by atoms with Gasteiger partial charge in [-0.2, -0.15) is 0 Å². The van der Waals surface area contributed by atoms with Crippen LogP contribution in [0.3, 0.4) is 0 Å². The highest BCUT2D eigenvalue weighted by Gasteiger charge is 2.02. The predicted molar refractivity (Wildman–Crippen MR) is 71.4 cm³/mol. The SMILES string of the molecule is CN(CCCCCO)Cc1ccccc1Br. The van der Waals surface area contributed by atoms with Crippen molar-refractivity contribution in [2.45, 2.75) is 25.8 Å². The van der Waals surface area contributed by atoms with Crippen LogP contribution in [-0.2, 0) is 6.54 Å². The molecular formula is C13H20BrNO. The normalized spacial score (nSPS) is 11.0. The Hall–Kier alpha value is -0.380. The molecule has 0 bridgehead atoms. The van der Waals surface area contributed by atoms with Gasteiger partial charge in [-0.15, -0.1) is 0 Å². The van der Waals surface area contributed by atoms with Gasteiger partial charge in [0.15, 0.2) is 0 Å². The Morgan fingerprint density at radius 2 is 1.94 bits per heavy atom. The lowest BCUT2D eigenvalue weighted by Crippen LogP contribution is -2.19. The number of hydrogen-bond acceptors (Lipinski definition) is 2. The average Bonchev–Trinajstić information content (AvgIpc) is 2.28. The lowest BCUT2D eigenvalue weighted by Gasteiger charge is -2.17. The fraction of sp³-hybridized carbons (Fsp3) is 0.538. The molecule has 0 fully saturated rings. The first-order chi connectivity index (χ1) is 7.74. The van der Waals surface area contributed by atoms with E-state index in [0.717, 1.165) is 32.4 Å². The monoisotopic (exact) mass is 285 g/mol. The van der Waals surface area contributed by atoms with E-state index in [1.54, 1.807) is 0 Å². The smallest absolute Gasteiger partial charge is 0.0431 e. The van der Waals surface area contributed by atoms with E-state index < -0.39 is 0 Å². The third-order valence-electron chi connectivity index (χ3n) is 2.60. The van der Waals surface area contributed by atoms with E-state index in [0.29, 0.717) is 6.61 Å². The number of nitrogens with zero attached hydrogens (tertiary/aromatic N) is 1. The molecule has 0 unspecified atom stereocenters. The van der Waals surface area contributed by atoms with Crippen molar-refractivity contribution in [2.24, 2.45) is 0 Å². The van der Waals surface area contributed by atoms with Crippen molar-refractivity contribution in [1.29, 1.82) is 0 Å². The predicted octanol–water partition coefficient (Wildman–Crippen LogP) is 3.04. The summed E-state index contributed by atoms with van der Waals surface area (Å²) < 4.78 is 1.18. The second kappa shape index (κ2) is 7.82. The molecule has 2 nitrogen and oxygen atoms in total. The van der Waals surface area contributed by atoms with Crippen LogP contribution in [0.1, 0.15) is 24.8 Å². The maximum absolute atomic E-state index is 8.68. The van der Waals surface area contributed by atoms with Gasteiger partial charge in [-0.1, -0.05) is 34.1 Å². The fourth-order valence-corrected chi connectivity index (χ4v) is 2.08. The summed E-state index contributed by atoms with van der Waals surface area (Å²) in [6, 6.07) is 8.33. The Morgan fingerprint density at radius 3 is 2.62 bits per heavy atom. The van der Waals surface area contributed by atoms with Crippen molar-refractivity contribution in [3.05, 3.63) is 34.3 Å². The Morgan fingerprint density at radius 1 is 1.19 bits per heavy atom. The summed E-state index contributed by atoms with van der Waals surface area (Å²) in [5, 5.41) is 8.68. The molecule has 1 rings (SSSR count). The number of halogens is 1. The molecule has 0 spiro atoms. The molecule has 1 aromatic rings. The van der Waals surface area contributed by atoms with Crippen LogP contribution in [0.25, 0.3) is 0 Å². The summed E-state index contributed by atoms with van der Waals surface area (Å²) >= 11 is 3.56. The molecule has 1 N–H and O–H groups in total. The van der Waals surface area contributed by atoms with Crippen LogP contribution in [0, 0.1) is 0 Å². The molecule has 16 heavy (non-hydrogen) atoms. The third kappa shape index (κ3) is 5.10. The minimum absolute atomic E-state index is 0.313. The van der Waals surface area contributed by atoms with Crippen LogP contribution in [0.15, 0.2) is 28.7 Å². The molecule has 0 aliphatic heterocycles. The second-order valence-electron chi connectivity index (χ2n) is 4.11. The zero-order valence-electron chi connectivity index (χ0n) is 9.82. The summed E-state index contributed by atoms with van der Waals surface area (Å²) in [7, 11) is 2.14. The van der Waals surface area contributed by atoms with E-state index in [-0.39, 0.29) is 0 Å². The second-order valence-corrected chi connectivity index (χ2v) is 4.97. The maximum Gasteiger partial charge on any atom is 0.0431 e. The van der Waals surface area contributed by atoms with E-state index in [2.05, 4.69) is 46.1 Å². The van der Waals surface area contributed by atoms with E-state index in [1.807, 2.05) is 6.07 Å². The fourth-order valence-electron chi connectivity index (χ4n) is 1.67. The molecule has 90 valence electrons. The van der Waals surface area contributed by atoms with Crippen LogP contribution >= 0.6 is 15.9 Å². The highest BCUT2D eigenvalue weighted by molar-refractivity contribution is 9.10. The molecule has 0 saturated carbocycles. The van der Waals surface area contributed by atoms with Crippen LogP contribution in [0.5, 0.6) is 0 Å². The van der Waals surface area contributed by atoms with Gasteiger partial charge < -0.3 is 10.0 Å². The molecule has 0 aliphatic rings. The molecule has 0 heterocycles. The van der Waals surface area contributed by atoms with Gasteiger partial charge in [0.2, 0.25) is 0 Å². The first kappa shape index (κ1) is 13.7. The molecule has 0 radical (unpaired) electrons. The molecule has 0 saturated heterocycles. The quantitative estimate of drug-likeness (QED) is 0.779. The topological polar surface area (TPSA) is 23.5 Å². The largest absolute Gasteiger partial charge is 0.396 e. The third-order valence-corrected chi connectivity index (χ3v) is 3.37. The minimum atomic E-state index is 0.313. The number of hydrogen-bond donors (Lipinski definition) is 1. The zero-order valence-corrected chi connectivity index (χ0v) is 11.4. The molecule has 0 aliphatic carbocycles. The van der Waals surface area contributed by atoms with Gasteiger partial charge in [0.25, 0.3) is 0 Å². The highest BCUT2D eigenvalue weighted by Crippen LogP contribution is 2.17. The van der Waals surface area contributed by atoms with Crippen LogP contribution < -0.4 is 0 Å². The van der Waals surface area contributed by atoms with Crippen molar-refractivity contribution < 1.29 is 5.11 Å². The van der Waals surface area contributed by atoms with E-state index in [9.17, 15) is 0 Å². The van der Waals surface area contributed by atoms with Crippen LogP contribution in [0.2, 0.25) is 0 Å². The van der Waals surface area contributed by atoms with E-state index in [1.165, 1.54) is 10.0 Å². The molecule has 3 heteroatoms. The first-order valence-corrected chi connectivity index (χ1v) is 6.56. The summed E-state index contributed by atoms with van der Waals surface area (Å²) in [6.07, 6.45) is 3.18. The molecule has 1 aromatic carbocycles. The van der Waals surface area contributed by atoms with Gasteiger partial charge in [-0.05, 0) is 44.5 Å². The number of rotatable bonds is 7. The minimum Gasteiger partial charge on any atom is -0.396 e. The zero-order chi connectivity index (χ0) is 11.8. The Kier molecular flexibility index (Phi) is 6.69. The van der Waals surface area contributed by atoms with E-state index >= 15 is 0 Å². The molecular weight excluding hydrogens is 266 g/mol. The Labute approximate surface area is 106 Å². The van der Waals surface area contributed by atoms with Crippen molar-refractivity contribution >= 4 is 15.9 Å². The van der Waals surface area contributed by atoms with Crippen LogP contribution in [0.4, 0.5) is 0 Å². The molecule has 0 aromatic heterocycles. The van der Waals surface area contributed by atoms with E-state index in [4.69, 9.17) is 5.11 Å². The highest BCUT2D eigenvalue weighted by atomic mass is 79.9. The summed E-state index contributed by atoms with van der Waals surface area (Å²) in [5.74, 6) is 0. The number of unbranched alkanes of at least 4 members (excludes halogenated alkanes) is 2. The van der Waals surface area contributed by atoms with Crippen molar-refractivity contribution in [1.82, 2.24) is 4.90 Å². The number of aliphatic hydroxyl groups is 1. The van der Waals surface area contributed by atoms with Gasteiger partial charge in [0.05, 0.1) is 0 Å². The first-order valence-electron chi connectivity index (χ1n) is 5.77. The average molecular weight is 286 g/mol. The van der Waals surface area contributed by atoms with Crippen molar-refractivity contribution in [2.75, 3.05) is 20.2 Å². The van der Waals surface area contributed by atoms with Gasteiger partial charge in [-0.25, -0.2) is 0 Å². The van der Waals surface area contributed by atoms with Crippen LogP contribution in [-0.4, -0.2) is 30.2 Å². The van der Waals surface area contributed by atoms with Gasteiger partial charge in [0, 0.05) is 17.6 Å². The van der Waals surface area contributed by atoms with Crippen molar-refractivity contribution in [3.63, 3.8) is 0 Å². The number of aliphatic hydroxyl groups excluding tert-OH is 1. The van der Waals surface area contributed by atoms with Gasteiger partial charge >= 0.3 is 0 Å². The van der Waals surface area contributed by atoms with Crippen molar-refractivity contribution in [3.8, 4) is 0 Å². The summed E-state index contributed by atoms with van der Waals surface area (Å²) in [6.45, 7) is 2.37. The Bertz CT molecular complexity index is 304. The lowest BCUT2D eigenvalue weighted by atomic mass is 10.2.